The van der Waals surface area contributed by atoms with Gasteiger partial charge in [0, 0.05) is 22.1 Å². The Bertz CT molecular complexity index is 934. The number of benzene rings is 2. The Morgan fingerprint density at radius 3 is 2.62 bits per heavy atom. The second-order valence-electron chi connectivity index (χ2n) is 5.21. The van der Waals surface area contributed by atoms with Crippen LogP contribution in [0.25, 0.3) is 10.6 Å². The summed E-state index contributed by atoms with van der Waals surface area (Å²) in [6.07, 6.45) is 0. The molecule has 5 nitrogen and oxygen atoms in total. The van der Waals surface area contributed by atoms with Crippen LogP contribution in [-0.4, -0.2) is 29.8 Å². The SMILES string of the molecule is CN(C(=O)COc1ccc(Cl)cc1Cl)c1nnc(-c2ccc(Br)cc2)s1. The van der Waals surface area contributed by atoms with E-state index in [0.717, 1.165) is 15.0 Å². The van der Waals surface area contributed by atoms with Gasteiger partial charge in [0.05, 0.1) is 5.02 Å². The zero-order valence-corrected chi connectivity index (χ0v) is 17.4. The molecule has 0 unspecified atom stereocenters. The van der Waals surface area contributed by atoms with Crippen LogP contribution in [0, 0.1) is 0 Å². The molecule has 0 radical (unpaired) electrons. The van der Waals surface area contributed by atoms with Crippen molar-refractivity contribution in [3.05, 3.63) is 57.0 Å². The largest absolute Gasteiger partial charge is 0.482 e. The molecule has 0 fully saturated rings. The monoisotopic (exact) mass is 471 g/mol. The van der Waals surface area contributed by atoms with Gasteiger partial charge in [-0.25, -0.2) is 0 Å². The van der Waals surface area contributed by atoms with Gasteiger partial charge in [0.15, 0.2) is 6.61 Å². The molecule has 0 saturated heterocycles. The maximum Gasteiger partial charge on any atom is 0.266 e. The number of carbonyl (C=O) groups is 1. The van der Waals surface area contributed by atoms with Gasteiger partial charge in [0.1, 0.15) is 10.8 Å². The molecular formula is C17H12BrCl2N3O2S. The predicted octanol–water partition coefficient (Wildman–Crippen LogP) is 5.32. The maximum atomic E-state index is 12.3. The van der Waals surface area contributed by atoms with Crippen molar-refractivity contribution in [2.24, 2.45) is 0 Å². The molecule has 0 aliphatic carbocycles. The molecule has 0 aliphatic rings. The van der Waals surface area contributed by atoms with E-state index in [4.69, 9.17) is 27.9 Å². The van der Waals surface area contributed by atoms with E-state index in [-0.39, 0.29) is 12.5 Å². The van der Waals surface area contributed by atoms with Gasteiger partial charge < -0.3 is 4.74 Å². The summed E-state index contributed by atoms with van der Waals surface area (Å²) in [6, 6.07) is 12.5. The summed E-state index contributed by atoms with van der Waals surface area (Å²) < 4.78 is 6.45. The van der Waals surface area contributed by atoms with Gasteiger partial charge >= 0.3 is 0 Å². The lowest BCUT2D eigenvalue weighted by atomic mass is 10.2. The summed E-state index contributed by atoms with van der Waals surface area (Å²) in [7, 11) is 1.63. The molecule has 0 bridgehead atoms. The van der Waals surface area contributed by atoms with E-state index in [1.165, 1.54) is 16.2 Å². The Morgan fingerprint density at radius 1 is 1.19 bits per heavy atom. The third-order valence-corrected chi connectivity index (χ3v) is 5.52. The summed E-state index contributed by atoms with van der Waals surface area (Å²) in [5, 5.41) is 10.3. The number of halogens is 3. The number of carbonyl (C=O) groups excluding carboxylic acids is 1. The Balaban J connectivity index is 1.66. The van der Waals surface area contributed by atoms with Crippen molar-refractivity contribution in [3.8, 4) is 16.3 Å². The summed E-state index contributed by atoms with van der Waals surface area (Å²) >= 11 is 16.6. The van der Waals surface area contributed by atoms with Crippen molar-refractivity contribution in [3.63, 3.8) is 0 Å². The number of likely N-dealkylation sites (N-methyl/N-ethyl adjacent to an activating group) is 1. The lowest BCUT2D eigenvalue weighted by Crippen LogP contribution is -2.31. The van der Waals surface area contributed by atoms with Crippen molar-refractivity contribution in [1.29, 1.82) is 0 Å². The third kappa shape index (κ3) is 4.54. The number of ether oxygens (including phenoxy) is 1. The number of aromatic nitrogens is 2. The lowest BCUT2D eigenvalue weighted by Gasteiger charge is -2.14. The smallest absolute Gasteiger partial charge is 0.266 e. The van der Waals surface area contributed by atoms with Crippen LogP contribution < -0.4 is 9.64 Å². The van der Waals surface area contributed by atoms with Crippen LogP contribution in [0.3, 0.4) is 0 Å². The minimum Gasteiger partial charge on any atom is -0.482 e. The van der Waals surface area contributed by atoms with Gasteiger partial charge in [-0.2, -0.15) is 0 Å². The normalized spacial score (nSPS) is 10.6. The van der Waals surface area contributed by atoms with E-state index >= 15 is 0 Å². The van der Waals surface area contributed by atoms with E-state index in [1.807, 2.05) is 24.3 Å². The fourth-order valence-corrected chi connectivity index (χ4v) is 3.55. The lowest BCUT2D eigenvalue weighted by molar-refractivity contribution is -0.120. The predicted molar refractivity (Wildman–Crippen MR) is 108 cm³/mol. The Labute approximate surface area is 172 Å². The molecule has 134 valence electrons. The highest BCUT2D eigenvalue weighted by Crippen LogP contribution is 2.30. The molecule has 2 aromatic carbocycles. The first-order valence-corrected chi connectivity index (χ1v) is 9.74. The number of anilines is 1. The highest BCUT2D eigenvalue weighted by Gasteiger charge is 2.17. The number of hydrogen-bond acceptors (Lipinski definition) is 5. The molecule has 1 aromatic heterocycles. The molecule has 0 atom stereocenters. The standard InChI is InChI=1S/C17H12BrCl2N3O2S/c1-23(15(24)9-25-14-7-6-12(19)8-13(14)20)17-22-21-16(26-17)10-2-4-11(18)5-3-10/h2-8H,9H2,1H3. The van der Waals surface area contributed by atoms with Crippen LogP contribution in [0.5, 0.6) is 5.75 Å². The minimum absolute atomic E-state index is 0.176. The van der Waals surface area contributed by atoms with Gasteiger partial charge in [-0.1, -0.05) is 62.6 Å². The maximum absolute atomic E-state index is 12.3. The summed E-state index contributed by atoms with van der Waals surface area (Å²) in [5.74, 6) is 0.125. The Hall–Kier alpha value is -1.67. The molecule has 1 amide bonds. The number of amides is 1. The number of nitrogens with zero attached hydrogens (tertiary/aromatic N) is 3. The van der Waals surface area contributed by atoms with Gasteiger partial charge in [0.2, 0.25) is 5.13 Å². The van der Waals surface area contributed by atoms with E-state index < -0.39 is 0 Å². The van der Waals surface area contributed by atoms with Crippen molar-refractivity contribution in [1.82, 2.24) is 10.2 Å². The summed E-state index contributed by atoms with van der Waals surface area (Å²) in [5.41, 5.74) is 0.932. The van der Waals surface area contributed by atoms with Crippen LogP contribution in [0.4, 0.5) is 5.13 Å². The molecular weight excluding hydrogens is 461 g/mol. The summed E-state index contributed by atoms with van der Waals surface area (Å²) in [4.78, 5) is 13.8. The highest BCUT2D eigenvalue weighted by atomic mass is 79.9. The summed E-state index contributed by atoms with van der Waals surface area (Å²) in [6.45, 7) is -0.176. The number of rotatable bonds is 5. The second kappa shape index (κ2) is 8.35. The molecule has 0 N–H and O–H groups in total. The molecule has 0 saturated carbocycles. The van der Waals surface area contributed by atoms with Gasteiger partial charge in [-0.05, 0) is 30.3 Å². The average molecular weight is 473 g/mol. The van der Waals surface area contributed by atoms with Gasteiger partial charge in [0.25, 0.3) is 5.91 Å². The van der Waals surface area contributed by atoms with Crippen LogP contribution in [-0.2, 0) is 4.79 Å². The van der Waals surface area contributed by atoms with Crippen molar-refractivity contribution in [2.45, 2.75) is 0 Å². The highest BCUT2D eigenvalue weighted by molar-refractivity contribution is 9.10. The molecule has 0 aliphatic heterocycles. The minimum atomic E-state index is -0.269. The zero-order valence-electron chi connectivity index (χ0n) is 13.4. The first-order valence-electron chi connectivity index (χ1n) is 7.38. The number of hydrogen-bond donors (Lipinski definition) is 0. The average Bonchev–Trinajstić information content (AvgIpc) is 3.10. The molecule has 26 heavy (non-hydrogen) atoms. The topological polar surface area (TPSA) is 55.3 Å². The molecule has 3 aromatic rings. The fourth-order valence-electron chi connectivity index (χ4n) is 2.00. The Kier molecular flexibility index (Phi) is 6.13. The zero-order chi connectivity index (χ0) is 18.7. The second-order valence-corrected chi connectivity index (χ2v) is 7.93. The van der Waals surface area contributed by atoms with Crippen LogP contribution in [0.1, 0.15) is 0 Å². The third-order valence-electron chi connectivity index (χ3n) is 3.41. The fraction of sp³-hybridized carbons (Fsp3) is 0.118. The van der Waals surface area contributed by atoms with Gasteiger partial charge in [-0.3, -0.25) is 9.69 Å². The van der Waals surface area contributed by atoms with Crippen LogP contribution in [0.2, 0.25) is 10.0 Å². The van der Waals surface area contributed by atoms with E-state index in [9.17, 15) is 4.79 Å². The molecule has 0 spiro atoms. The van der Waals surface area contributed by atoms with Crippen LogP contribution >= 0.6 is 50.5 Å². The van der Waals surface area contributed by atoms with E-state index in [2.05, 4.69) is 26.1 Å². The first kappa shape index (κ1) is 19.1. The van der Waals surface area contributed by atoms with Crippen LogP contribution in [0.15, 0.2) is 46.9 Å². The van der Waals surface area contributed by atoms with E-state index in [0.29, 0.717) is 20.9 Å². The van der Waals surface area contributed by atoms with Crippen molar-refractivity contribution < 1.29 is 9.53 Å². The van der Waals surface area contributed by atoms with Crippen molar-refractivity contribution in [2.75, 3.05) is 18.6 Å². The molecule has 9 heteroatoms. The Morgan fingerprint density at radius 2 is 1.92 bits per heavy atom. The van der Waals surface area contributed by atoms with Crippen molar-refractivity contribution >= 4 is 61.5 Å². The quantitative estimate of drug-likeness (QED) is 0.504. The van der Waals surface area contributed by atoms with E-state index in [1.54, 1.807) is 25.2 Å². The van der Waals surface area contributed by atoms with Gasteiger partial charge in [-0.15, -0.1) is 10.2 Å². The molecule has 3 rings (SSSR count). The molecule has 1 heterocycles. The first-order chi connectivity index (χ1) is 12.4.